The smallest absolute Gasteiger partial charge is 0.343 e. The molecule has 0 aliphatic carbocycles. The Labute approximate surface area is 141 Å². The van der Waals surface area contributed by atoms with Crippen LogP contribution in [-0.4, -0.2) is 5.90 Å². The van der Waals surface area contributed by atoms with Gasteiger partial charge in [0.2, 0.25) is 5.90 Å². The highest BCUT2D eigenvalue weighted by molar-refractivity contribution is 5.92. The Kier molecular flexibility index (Phi) is 3.36. The van der Waals surface area contributed by atoms with E-state index in [9.17, 15) is 14.4 Å². The minimum absolute atomic E-state index is 0.131. The maximum atomic E-state index is 13.7. The highest BCUT2D eigenvalue weighted by Gasteiger charge is 2.40. The number of halogens is 1. The number of benzene rings is 2. The van der Waals surface area contributed by atoms with Crippen molar-refractivity contribution in [2.75, 3.05) is 0 Å². The molecule has 2 unspecified atom stereocenters. The molecule has 25 heavy (non-hydrogen) atoms. The topological polar surface area (TPSA) is 87.1 Å². The lowest BCUT2D eigenvalue weighted by atomic mass is 9.79. The predicted molar refractivity (Wildman–Crippen MR) is 88.2 cm³/mol. The van der Waals surface area contributed by atoms with Crippen molar-refractivity contribution < 1.29 is 13.5 Å². The minimum Gasteiger partial charge on any atom is -0.441 e. The third-order valence-electron chi connectivity index (χ3n) is 4.28. The van der Waals surface area contributed by atoms with Gasteiger partial charge < -0.3 is 9.15 Å². The highest BCUT2D eigenvalue weighted by atomic mass is 19.1. The van der Waals surface area contributed by atoms with Crippen molar-refractivity contribution in [1.82, 2.24) is 0 Å². The third kappa shape index (κ3) is 2.29. The number of fused-ring (bicyclic) bond motifs is 3. The summed E-state index contributed by atoms with van der Waals surface area (Å²) in [5.41, 5.74) is 0.221. The summed E-state index contributed by atoms with van der Waals surface area (Å²) in [7, 11) is 0. The largest absolute Gasteiger partial charge is 0.441 e. The van der Waals surface area contributed by atoms with E-state index >= 15 is 0 Å². The van der Waals surface area contributed by atoms with Gasteiger partial charge in [-0.3, -0.25) is 5.41 Å². The van der Waals surface area contributed by atoms with E-state index in [-0.39, 0.29) is 17.2 Å². The number of ether oxygens (including phenoxy) is 1. The van der Waals surface area contributed by atoms with Gasteiger partial charge in [-0.05, 0) is 29.8 Å². The summed E-state index contributed by atoms with van der Waals surface area (Å²) in [5.74, 6) is -2.45. The number of rotatable bonds is 1. The van der Waals surface area contributed by atoms with Crippen molar-refractivity contribution in [3.8, 4) is 11.8 Å². The molecule has 5 nitrogen and oxygen atoms in total. The molecule has 0 saturated heterocycles. The summed E-state index contributed by atoms with van der Waals surface area (Å²) in [5, 5.41) is 18.1. The Bertz CT molecular complexity index is 1110. The van der Waals surface area contributed by atoms with Gasteiger partial charge >= 0.3 is 5.63 Å². The van der Waals surface area contributed by atoms with Gasteiger partial charge in [0.25, 0.3) is 0 Å². The molecule has 4 rings (SSSR count). The van der Waals surface area contributed by atoms with Crippen LogP contribution in [0.2, 0.25) is 0 Å². The van der Waals surface area contributed by atoms with Gasteiger partial charge in [-0.25, -0.2) is 9.18 Å². The molecule has 0 bridgehead atoms. The molecule has 1 aromatic heterocycles. The van der Waals surface area contributed by atoms with Crippen LogP contribution >= 0.6 is 0 Å². The van der Waals surface area contributed by atoms with Crippen LogP contribution in [0.5, 0.6) is 5.75 Å². The normalized spacial score (nSPS) is 19.1. The molecular formula is C19H11FN2O3. The molecule has 0 amide bonds. The number of nitriles is 1. The van der Waals surface area contributed by atoms with Gasteiger partial charge in [0.1, 0.15) is 17.3 Å². The minimum atomic E-state index is -1.04. The van der Waals surface area contributed by atoms with E-state index < -0.39 is 23.3 Å². The van der Waals surface area contributed by atoms with E-state index in [1.165, 1.54) is 18.2 Å². The molecule has 3 aromatic rings. The van der Waals surface area contributed by atoms with E-state index in [1.807, 2.05) is 6.07 Å². The van der Waals surface area contributed by atoms with Crippen LogP contribution < -0.4 is 10.4 Å². The molecule has 1 aliphatic rings. The lowest BCUT2D eigenvalue weighted by Crippen LogP contribution is -2.34. The van der Waals surface area contributed by atoms with Crippen LogP contribution in [0.1, 0.15) is 17.0 Å². The van der Waals surface area contributed by atoms with E-state index in [0.29, 0.717) is 16.5 Å². The molecule has 1 N–H and O–H groups in total. The van der Waals surface area contributed by atoms with E-state index in [0.717, 1.165) is 0 Å². The molecule has 0 radical (unpaired) electrons. The molecule has 0 fully saturated rings. The van der Waals surface area contributed by atoms with E-state index in [4.69, 9.17) is 14.6 Å². The molecule has 2 aromatic carbocycles. The zero-order valence-electron chi connectivity index (χ0n) is 12.8. The Balaban J connectivity index is 2.08. The zero-order valence-corrected chi connectivity index (χ0v) is 12.8. The van der Waals surface area contributed by atoms with Crippen LogP contribution in [0.25, 0.3) is 11.0 Å². The lowest BCUT2D eigenvalue weighted by molar-refractivity contribution is 0.431. The number of nitrogens with zero attached hydrogens (tertiary/aromatic N) is 1. The molecule has 0 saturated carbocycles. The second kappa shape index (κ2) is 5.56. The number of hydrogen-bond acceptors (Lipinski definition) is 5. The van der Waals surface area contributed by atoms with Crippen molar-refractivity contribution >= 4 is 16.9 Å². The fourth-order valence-electron chi connectivity index (χ4n) is 3.20. The van der Waals surface area contributed by atoms with Gasteiger partial charge in [0, 0.05) is 5.92 Å². The maximum absolute atomic E-state index is 13.7. The van der Waals surface area contributed by atoms with Crippen molar-refractivity contribution in [2.45, 2.75) is 5.92 Å². The van der Waals surface area contributed by atoms with Gasteiger partial charge in [-0.1, -0.05) is 24.3 Å². The van der Waals surface area contributed by atoms with Crippen LogP contribution in [-0.2, 0) is 0 Å². The van der Waals surface area contributed by atoms with Crippen LogP contribution in [0, 0.1) is 28.5 Å². The summed E-state index contributed by atoms with van der Waals surface area (Å²) >= 11 is 0. The molecular weight excluding hydrogens is 323 g/mol. The monoisotopic (exact) mass is 334 g/mol. The van der Waals surface area contributed by atoms with E-state index in [2.05, 4.69) is 0 Å². The average Bonchev–Trinajstić information content (AvgIpc) is 2.60. The fraction of sp³-hybridized carbons (Fsp3) is 0.105. The summed E-state index contributed by atoms with van der Waals surface area (Å²) in [4.78, 5) is 12.6. The Morgan fingerprint density at radius 2 is 1.96 bits per heavy atom. The quantitative estimate of drug-likeness (QED) is 0.689. The first kappa shape index (κ1) is 15.1. The fourth-order valence-corrected chi connectivity index (χ4v) is 3.20. The Hall–Kier alpha value is -3.46. The summed E-state index contributed by atoms with van der Waals surface area (Å²) in [6, 6.07) is 14.4. The Morgan fingerprint density at radius 3 is 2.72 bits per heavy atom. The number of nitrogens with one attached hydrogen (secondary N) is 1. The number of hydrogen-bond donors (Lipinski definition) is 1. The molecule has 2 atom stereocenters. The van der Waals surface area contributed by atoms with Crippen molar-refractivity contribution in [2.24, 2.45) is 5.92 Å². The lowest BCUT2D eigenvalue weighted by Gasteiger charge is -2.29. The summed E-state index contributed by atoms with van der Waals surface area (Å²) < 4.78 is 24.6. The highest BCUT2D eigenvalue weighted by Crippen LogP contribution is 2.43. The molecule has 1 aliphatic heterocycles. The first-order valence-corrected chi connectivity index (χ1v) is 7.57. The van der Waals surface area contributed by atoms with Crippen molar-refractivity contribution in [3.63, 3.8) is 0 Å². The first-order valence-electron chi connectivity index (χ1n) is 7.57. The summed E-state index contributed by atoms with van der Waals surface area (Å²) in [6.45, 7) is 0. The van der Waals surface area contributed by atoms with Gasteiger partial charge in [-0.2, -0.15) is 5.26 Å². The van der Waals surface area contributed by atoms with Crippen LogP contribution in [0.3, 0.4) is 0 Å². The zero-order chi connectivity index (χ0) is 17.6. The molecule has 6 heteroatoms. The van der Waals surface area contributed by atoms with Gasteiger partial charge in [0.05, 0.1) is 17.0 Å². The van der Waals surface area contributed by atoms with Gasteiger partial charge in [-0.15, -0.1) is 0 Å². The van der Waals surface area contributed by atoms with Gasteiger partial charge in [0.15, 0.2) is 5.75 Å². The first-order chi connectivity index (χ1) is 12.1. The maximum Gasteiger partial charge on any atom is 0.343 e. The van der Waals surface area contributed by atoms with E-state index in [1.54, 1.807) is 30.3 Å². The molecule has 0 spiro atoms. The second-order valence-corrected chi connectivity index (χ2v) is 5.73. The molecule has 122 valence electrons. The summed E-state index contributed by atoms with van der Waals surface area (Å²) in [6.07, 6.45) is 0. The van der Waals surface area contributed by atoms with Crippen molar-refractivity contribution in [3.05, 3.63) is 75.9 Å². The standard InChI is InChI=1S/C19H11FN2O3/c20-11-5-3-4-10(8-11)15-13(9-21)18(22)25-17-12-6-1-2-7-14(12)24-19(23)16(15)17/h1-8,13,15,22H. The average molecular weight is 334 g/mol. The third-order valence-corrected chi connectivity index (χ3v) is 4.28. The predicted octanol–water partition coefficient (Wildman–Crippen LogP) is 3.57. The van der Waals surface area contributed by atoms with Crippen LogP contribution in [0.15, 0.2) is 57.7 Å². The molecule has 2 heterocycles. The second-order valence-electron chi connectivity index (χ2n) is 5.73. The number of para-hydroxylation sites is 1. The SMILES string of the molecule is N#CC1C(=N)Oc2c(c(=O)oc3ccccc23)C1c1cccc(F)c1. The van der Waals surface area contributed by atoms with Crippen molar-refractivity contribution in [1.29, 1.82) is 10.7 Å². The Morgan fingerprint density at radius 1 is 1.16 bits per heavy atom. The van der Waals surface area contributed by atoms with Crippen LogP contribution in [0.4, 0.5) is 4.39 Å².